The predicted molar refractivity (Wildman–Crippen MR) is 470 cm³/mol. The van der Waals surface area contributed by atoms with Crippen LogP contribution in [-0.2, 0) is 59.7 Å². The number of aromatic nitrogens is 6. The summed E-state index contributed by atoms with van der Waals surface area (Å²) >= 11 is 0. The summed E-state index contributed by atoms with van der Waals surface area (Å²) < 4.78 is 6.31. The summed E-state index contributed by atoms with van der Waals surface area (Å²) in [6, 6.07) is 34.8. The lowest BCUT2D eigenvalue weighted by molar-refractivity contribution is -0.129. The average Bonchev–Trinajstić information content (AvgIpc) is 1.18. The number of likely N-dealkylation sites (tertiary alicyclic amines) is 1. The van der Waals surface area contributed by atoms with Gasteiger partial charge in [-0.1, -0.05) is 86.5 Å². The number of nitrogens with one attached hydrogen (secondary N) is 1. The number of pyridine rings is 1. The van der Waals surface area contributed by atoms with E-state index in [2.05, 4.69) is 217 Å². The molecule has 4 saturated heterocycles. The van der Waals surface area contributed by atoms with E-state index in [1.54, 1.807) is 14.7 Å². The van der Waals surface area contributed by atoms with Gasteiger partial charge in [-0.25, -0.2) is 29.7 Å². The molecule has 7 aliphatic heterocycles. The Kier molecular flexibility index (Phi) is 26.6. The van der Waals surface area contributed by atoms with Gasteiger partial charge in [0.15, 0.2) is 0 Å². The Balaban J connectivity index is 0.000000151. The van der Waals surface area contributed by atoms with Crippen molar-refractivity contribution < 1.29 is 19.1 Å². The fourth-order valence-corrected chi connectivity index (χ4v) is 18.1. The Morgan fingerprint density at radius 1 is 0.560 bits per heavy atom. The van der Waals surface area contributed by atoms with E-state index in [-0.39, 0.29) is 62.4 Å². The number of anilines is 6. The smallest absolute Gasteiger partial charge is 0.318 e. The summed E-state index contributed by atoms with van der Waals surface area (Å²) in [5, 5.41) is 6.30. The number of aryl methyl sites for hydroxylation is 3. The third-order valence-electron chi connectivity index (χ3n) is 24.2. The molecule has 0 radical (unpaired) electrons. The van der Waals surface area contributed by atoms with Crippen LogP contribution in [0.25, 0.3) is 47.0 Å². The van der Waals surface area contributed by atoms with E-state index in [4.69, 9.17) is 49.4 Å². The van der Waals surface area contributed by atoms with Crippen LogP contribution in [-0.4, -0.2) is 235 Å². The number of H-pyrrole nitrogens is 1. The van der Waals surface area contributed by atoms with Gasteiger partial charge in [0.25, 0.3) is 0 Å². The molecule has 602 valence electrons. The number of piperazine rings is 3. The monoisotopic (exact) mass is 1580 g/mol. The van der Waals surface area contributed by atoms with Crippen LogP contribution in [0.5, 0.6) is 6.01 Å². The Morgan fingerprint density at radius 3 is 1.74 bits per heavy atom. The van der Waals surface area contributed by atoms with E-state index in [0.29, 0.717) is 84.1 Å². The van der Waals surface area contributed by atoms with Crippen molar-refractivity contribution in [1.82, 2.24) is 54.4 Å². The van der Waals surface area contributed by atoms with Crippen molar-refractivity contribution in [2.24, 2.45) is 0 Å². The molecule has 16 rings (SSSR count). The van der Waals surface area contributed by atoms with Gasteiger partial charge in [-0.15, -0.1) is 0 Å². The molecular formula is C91H108N20O4S. The second kappa shape index (κ2) is 37.4. The van der Waals surface area contributed by atoms with E-state index in [0.717, 1.165) is 137 Å². The molecule has 0 spiro atoms. The summed E-state index contributed by atoms with van der Waals surface area (Å²) in [6.07, 6.45) is 14.6. The van der Waals surface area contributed by atoms with E-state index in [1.165, 1.54) is 102 Å². The van der Waals surface area contributed by atoms with Crippen molar-refractivity contribution in [2.75, 3.05) is 168 Å². The summed E-state index contributed by atoms with van der Waals surface area (Å²) in [4.78, 5) is 101. The molecular weight excluding hydrogens is 1470 g/mol. The number of nitrogens with zero attached hydrogens (tertiary/aromatic N) is 19. The zero-order chi connectivity index (χ0) is 80.4. The van der Waals surface area contributed by atoms with E-state index in [1.807, 2.05) is 12.4 Å². The Labute approximate surface area is 689 Å². The molecule has 4 aromatic heterocycles. The molecule has 1 N–H and O–H groups in total. The molecule has 9 aromatic rings. The highest BCUT2D eigenvalue weighted by atomic mass is 32.1. The zero-order valence-electron chi connectivity index (χ0n) is 68.0. The molecule has 24 nitrogen and oxygen atoms in total. The van der Waals surface area contributed by atoms with E-state index >= 15 is 0 Å². The van der Waals surface area contributed by atoms with Gasteiger partial charge in [-0.05, 0) is 170 Å². The van der Waals surface area contributed by atoms with E-state index < -0.39 is 0 Å². The lowest BCUT2D eigenvalue weighted by Crippen LogP contribution is -2.56. The van der Waals surface area contributed by atoms with Crippen LogP contribution in [0.15, 0.2) is 147 Å². The van der Waals surface area contributed by atoms with Gasteiger partial charge >= 0.3 is 6.01 Å². The molecule has 7 aliphatic rings. The largest absolute Gasteiger partial charge is 0.462 e. The molecule has 3 amide bonds. The standard InChI is InChI=1S/C32H40N8O2.C31H37N7O.C28H29N5O.H2S/c1-6-29(41)40-15-14-39(18-24(40)17-33-4)31-26-10-13-38(30-22(3)21(2)16-27-25(30)9-11-34-27)19-28(26)35-32(36-31)42-20-23-8-7-12-37(23)5;1-5-30(39)38-19-18-37(21-24(38)20-32-2)31-26-15-17-36(28-13-8-11-23-10-6-7-12-25(23)28)22-27(26)33-29(34-31)14-9-16-35(3)4;1-4-27(34)33-16-15-32(18-22(33)17-29-3)25-11-13-30-24-19-31(14-12-23(24)25)26-10-6-9-21-8-5-7-20(2)28(21)26;/h6,9,11,16,23-24,34H,1,7-8,10,12-15,17-20H2,2-3,5H3;5-8,10-13,24H,1,9,14-22H2,3-4H3;4-11,13,22H,1,12,14-19H2,2H3;1H2/t23-,24-;24-;22-;/m000./s1. The number of likely N-dealkylation sites (N-methyl/N-ethyl adjacent to an activating group) is 1. The van der Waals surface area contributed by atoms with Crippen LogP contribution in [0.2, 0.25) is 0 Å². The third-order valence-corrected chi connectivity index (χ3v) is 24.2. The molecule has 4 atom stereocenters. The second-order valence-electron chi connectivity index (χ2n) is 31.5. The topological polar surface area (TPSA) is 189 Å². The van der Waals surface area contributed by atoms with Gasteiger partial charge in [0.2, 0.25) is 37.4 Å². The number of amides is 3. The third kappa shape index (κ3) is 17.8. The number of fused-ring (bicyclic) bond motifs is 6. The van der Waals surface area contributed by atoms with Crippen molar-refractivity contribution in [3.8, 4) is 6.01 Å². The van der Waals surface area contributed by atoms with Crippen LogP contribution < -0.4 is 34.1 Å². The van der Waals surface area contributed by atoms with Gasteiger partial charge < -0.3 is 78.2 Å². The first-order valence-corrected chi connectivity index (χ1v) is 40.5. The van der Waals surface area contributed by atoms with Crippen LogP contribution in [0.4, 0.5) is 34.4 Å². The quantitative estimate of drug-likeness (QED) is 0.0594. The van der Waals surface area contributed by atoms with Crippen LogP contribution in [0, 0.1) is 40.5 Å². The van der Waals surface area contributed by atoms with E-state index in [9.17, 15) is 14.4 Å². The number of ether oxygens (including phenoxy) is 1. The van der Waals surface area contributed by atoms with Crippen LogP contribution in [0.3, 0.4) is 0 Å². The Hall–Kier alpha value is -11.6. The van der Waals surface area contributed by atoms with Crippen LogP contribution >= 0.6 is 13.5 Å². The normalized spacial score (nSPS) is 18.6. The number of carbonyl (C=O) groups is 3. The van der Waals surface area contributed by atoms with Crippen molar-refractivity contribution in [3.63, 3.8) is 0 Å². The maximum atomic E-state index is 12.5. The molecule has 0 saturated carbocycles. The second-order valence-corrected chi connectivity index (χ2v) is 31.5. The zero-order valence-corrected chi connectivity index (χ0v) is 69.0. The first-order chi connectivity index (χ1) is 56.0. The Morgan fingerprint density at radius 2 is 1.11 bits per heavy atom. The molecule has 4 fully saturated rings. The fraction of sp³-hybridized carbons (Fsp3) is 0.418. The van der Waals surface area contributed by atoms with Crippen molar-refractivity contribution in [2.45, 2.75) is 110 Å². The van der Waals surface area contributed by atoms with Crippen molar-refractivity contribution >= 4 is 98.1 Å². The maximum absolute atomic E-state index is 12.5. The number of hydrogen-bond donors (Lipinski definition) is 1. The molecule has 0 unspecified atom stereocenters. The van der Waals surface area contributed by atoms with Crippen LogP contribution in [0.1, 0.15) is 75.5 Å². The molecule has 25 heteroatoms. The highest BCUT2D eigenvalue weighted by molar-refractivity contribution is 7.59. The maximum Gasteiger partial charge on any atom is 0.318 e. The first kappa shape index (κ1) is 82.4. The van der Waals surface area contributed by atoms with Gasteiger partial charge in [-0.2, -0.15) is 23.5 Å². The van der Waals surface area contributed by atoms with Gasteiger partial charge in [0.1, 0.15) is 42.2 Å². The number of hydrogen-bond acceptors (Lipinski definition) is 17. The number of aromatic amines is 1. The molecule has 116 heavy (non-hydrogen) atoms. The van der Waals surface area contributed by atoms with Crippen molar-refractivity contribution in [3.05, 3.63) is 238 Å². The molecule has 0 aliphatic carbocycles. The number of carbonyl (C=O) groups excluding carboxylic acids is 3. The van der Waals surface area contributed by atoms with Gasteiger partial charge in [-0.3, -0.25) is 19.4 Å². The SMILES string of the molecule is S.[C-]#[N+]C[C@H]1CN(c2ccnc3c2CCN(c2cccc4cccc(C)c24)C3)CCN1C(=O)C=C.[C-]#[N+]C[C@H]1CN(c2nc(CCCN(C)C)nc3c2CCN(c2cccc4ccccc24)C3)CCN1C(=O)C=C.[C-]#[N+]C[C@H]1CN(c2nc(OC[C@@H]3CCCN3C)nc3c2CCN(c2c(C)c(C)cc4[nH]ccc24)C3)CCN1C(=O)C=C. The minimum atomic E-state index is -0.222. The molecule has 5 aromatic carbocycles. The number of benzene rings is 5. The molecule has 11 heterocycles. The summed E-state index contributed by atoms with van der Waals surface area (Å²) in [5.74, 6) is 2.41. The summed E-state index contributed by atoms with van der Waals surface area (Å²) in [5.41, 5.74) is 16.7. The average molecular weight is 1580 g/mol. The van der Waals surface area contributed by atoms with Crippen molar-refractivity contribution in [1.29, 1.82) is 0 Å². The minimum absolute atomic E-state index is 0. The summed E-state index contributed by atoms with van der Waals surface area (Å²) in [7, 11) is 6.32. The minimum Gasteiger partial charge on any atom is -0.462 e. The summed E-state index contributed by atoms with van der Waals surface area (Å²) in [6.45, 7) is 53.6. The Bertz CT molecular complexity index is 5250. The number of rotatable bonds is 19. The van der Waals surface area contributed by atoms with Gasteiger partial charge in [0.05, 0.1) is 36.7 Å². The fourth-order valence-electron chi connectivity index (χ4n) is 18.1. The van der Waals surface area contributed by atoms with Gasteiger partial charge in [0, 0.05) is 165 Å². The lowest BCUT2D eigenvalue weighted by atomic mass is 9.98. The highest BCUT2D eigenvalue weighted by Crippen LogP contribution is 2.41. The highest BCUT2D eigenvalue weighted by Gasteiger charge is 2.39. The lowest BCUT2D eigenvalue weighted by Gasteiger charge is -2.41. The first-order valence-electron chi connectivity index (χ1n) is 40.5. The molecule has 0 bridgehead atoms. The predicted octanol–water partition coefficient (Wildman–Crippen LogP) is 11.9.